The molecule has 0 N–H and O–H groups in total. The smallest absolute Gasteiger partial charge is 0.205 e. The predicted octanol–water partition coefficient (Wildman–Crippen LogP) is 1.19. The van der Waals surface area contributed by atoms with Crippen molar-refractivity contribution < 1.29 is 9.59 Å². The zero-order chi connectivity index (χ0) is 8.94. The van der Waals surface area contributed by atoms with Crippen LogP contribution >= 0.6 is 0 Å². The summed E-state index contributed by atoms with van der Waals surface area (Å²) < 4.78 is 0. The Hall–Kier alpha value is -0.660. The lowest BCUT2D eigenvalue weighted by Crippen LogP contribution is -2.45. The summed E-state index contributed by atoms with van der Waals surface area (Å²) in [6.45, 7) is 6.03. The van der Waals surface area contributed by atoms with Gasteiger partial charge in [0.1, 0.15) is 0 Å². The van der Waals surface area contributed by atoms with Gasteiger partial charge in [-0.2, -0.15) is 0 Å². The van der Waals surface area contributed by atoms with Crippen LogP contribution < -0.4 is 0 Å². The molecule has 0 spiro atoms. The lowest BCUT2D eigenvalue weighted by atomic mass is 9.60. The summed E-state index contributed by atoms with van der Waals surface area (Å²) in [5.41, 5.74) is -0.517. The maximum absolute atomic E-state index is 11.6. The standard InChI is InChI=1S/C10H12O2/c1-8-4-5-9(2,10(5,8)3)7(12)6(8)11/h5H,4H2,1-3H3. The summed E-state index contributed by atoms with van der Waals surface area (Å²) in [4.78, 5) is 23.1. The molecule has 4 atom stereocenters. The van der Waals surface area contributed by atoms with Crippen molar-refractivity contribution in [3.8, 4) is 0 Å². The van der Waals surface area contributed by atoms with Crippen LogP contribution in [-0.4, -0.2) is 11.6 Å². The molecule has 0 aromatic rings. The second-order valence-corrected chi connectivity index (χ2v) is 5.15. The Kier molecular flexibility index (Phi) is 0.685. The predicted molar refractivity (Wildman–Crippen MR) is 42.4 cm³/mol. The lowest BCUT2D eigenvalue weighted by Gasteiger charge is -2.41. The summed E-state index contributed by atoms with van der Waals surface area (Å²) in [6, 6.07) is 0. The fraction of sp³-hybridized carbons (Fsp3) is 0.800. The highest BCUT2D eigenvalue weighted by Gasteiger charge is 2.95. The molecule has 3 aliphatic rings. The molecule has 3 saturated carbocycles. The van der Waals surface area contributed by atoms with Crippen LogP contribution in [0.1, 0.15) is 27.2 Å². The lowest BCUT2D eigenvalue weighted by molar-refractivity contribution is -0.147. The first-order chi connectivity index (χ1) is 5.40. The maximum atomic E-state index is 11.6. The minimum absolute atomic E-state index is 0.0359. The van der Waals surface area contributed by atoms with E-state index in [1.165, 1.54) is 0 Å². The fourth-order valence-electron chi connectivity index (χ4n) is 3.97. The van der Waals surface area contributed by atoms with Crippen molar-refractivity contribution in [1.29, 1.82) is 0 Å². The zero-order valence-electron chi connectivity index (χ0n) is 7.60. The summed E-state index contributed by atoms with van der Waals surface area (Å²) in [5.74, 6) is 0.318. The Morgan fingerprint density at radius 3 is 2.00 bits per heavy atom. The molecule has 3 aliphatic carbocycles. The molecule has 0 bridgehead atoms. The number of rotatable bonds is 0. The molecule has 2 nitrogen and oxygen atoms in total. The van der Waals surface area contributed by atoms with Gasteiger partial charge in [0.2, 0.25) is 11.6 Å². The first kappa shape index (κ1) is 6.81. The molecule has 4 unspecified atom stereocenters. The van der Waals surface area contributed by atoms with Gasteiger partial charge in [-0.05, 0) is 17.8 Å². The van der Waals surface area contributed by atoms with Crippen LogP contribution in [0.2, 0.25) is 0 Å². The average molecular weight is 164 g/mol. The molecule has 0 aliphatic heterocycles. The number of carbonyl (C=O) groups excluding carboxylic acids is 2. The van der Waals surface area contributed by atoms with Crippen molar-refractivity contribution in [2.75, 3.05) is 0 Å². The highest BCUT2D eigenvalue weighted by atomic mass is 16.2. The molecule has 64 valence electrons. The monoisotopic (exact) mass is 164 g/mol. The molecule has 0 saturated heterocycles. The van der Waals surface area contributed by atoms with Crippen molar-refractivity contribution >= 4 is 11.6 Å². The van der Waals surface area contributed by atoms with E-state index < -0.39 is 0 Å². The molecule has 0 radical (unpaired) electrons. The van der Waals surface area contributed by atoms with Crippen LogP contribution in [0.5, 0.6) is 0 Å². The molecule has 0 aromatic heterocycles. The van der Waals surface area contributed by atoms with Crippen molar-refractivity contribution in [3.63, 3.8) is 0 Å². The molecule has 12 heavy (non-hydrogen) atoms. The highest BCUT2D eigenvalue weighted by Crippen LogP contribution is 2.91. The van der Waals surface area contributed by atoms with Gasteiger partial charge in [-0.25, -0.2) is 0 Å². The van der Waals surface area contributed by atoms with E-state index in [1.54, 1.807) is 0 Å². The number of hydrogen-bond acceptors (Lipinski definition) is 2. The van der Waals surface area contributed by atoms with Gasteiger partial charge in [-0.15, -0.1) is 0 Å². The van der Waals surface area contributed by atoms with E-state index in [2.05, 4.69) is 6.92 Å². The second-order valence-electron chi connectivity index (χ2n) is 5.15. The normalized spacial score (nSPS) is 66.1. The summed E-state index contributed by atoms with van der Waals surface area (Å²) in [6.07, 6.45) is 0.949. The minimum Gasteiger partial charge on any atom is -0.290 e. The van der Waals surface area contributed by atoms with Crippen molar-refractivity contribution in [1.82, 2.24) is 0 Å². The van der Waals surface area contributed by atoms with E-state index in [4.69, 9.17) is 0 Å². The van der Waals surface area contributed by atoms with Gasteiger partial charge in [0.05, 0.1) is 0 Å². The van der Waals surface area contributed by atoms with Crippen LogP contribution in [0.15, 0.2) is 0 Å². The molecule has 3 rings (SSSR count). The quantitative estimate of drug-likeness (QED) is 0.504. The highest BCUT2D eigenvalue weighted by molar-refractivity contribution is 6.46. The van der Waals surface area contributed by atoms with E-state index in [0.717, 1.165) is 6.42 Å². The zero-order valence-corrected chi connectivity index (χ0v) is 7.60. The van der Waals surface area contributed by atoms with Gasteiger partial charge in [0, 0.05) is 10.8 Å². The first-order valence-electron chi connectivity index (χ1n) is 4.50. The van der Waals surface area contributed by atoms with Gasteiger partial charge < -0.3 is 0 Å². The van der Waals surface area contributed by atoms with Crippen LogP contribution in [-0.2, 0) is 9.59 Å². The molecule has 3 fully saturated rings. The largest absolute Gasteiger partial charge is 0.290 e. The van der Waals surface area contributed by atoms with Gasteiger partial charge in [-0.3, -0.25) is 9.59 Å². The number of fused-ring (bicyclic) bond motifs is 1. The Balaban J connectivity index is 2.27. The Bertz CT molecular complexity index is 324. The molecular weight excluding hydrogens is 152 g/mol. The number of ketones is 2. The maximum Gasteiger partial charge on any atom is 0.205 e. The third-order valence-electron chi connectivity index (χ3n) is 5.33. The molecule has 2 heteroatoms. The van der Waals surface area contributed by atoms with E-state index in [9.17, 15) is 9.59 Å². The van der Waals surface area contributed by atoms with Crippen LogP contribution in [0.3, 0.4) is 0 Å². The van der Waals surface area contributed by atoms with Crippen molar-refractivity contribution in [2.45, 2.75) is 27.2 Å². The summed E-state index contributed by atoms with van der Waals surface area (Å²) >= 11 is 0. The topological polar surface area (TPSA) is 34.1 Å². The molecule has 0 amide bonds. The van der Waals surface area contributed by atoms with Crippen LogP contribution in [0, 0.1) is 22.2 Å². The summed E-state index contributed by atoms with van der Waals surface area (Å²) in [7, 11) is 0. The number of hydrogen-bond donors (Lipinski definition) is 0. The van der Waals surface area contributed by atoms with Crippen molar-refractivity contribution in [3.05, 3.63) is 0 Å². The van der Waals surface area contributed by atoms with Gasteiger partial charge >= 0.3 is 0 Å². The van der Waals surface area contributed by atoms with Gasteiger partial charge in [-0.1, -0.05) is 20.8 Å². The van der Waals surface area contributed by atoms with E-state index >= 15 is 0 Å². The third-order valence-corrected chi connectivity index (χ3v) is 5.33. The minimum atomic E-state index is -0.288. The Morgan fingerprint density at radius 1 is 1.17 bits per heavy atom. The molecular formula is C10H12O2. The fourth-order valence-corrected chi connectivity index (χ4v) is 3.97. The summed E-state index contributed by atoms with van der Waals surface area (Å²) in [5, 5.41) is 0. The average Bonchev–Trinajstić information content (AvgIpc) is 2.41. The van der Waals surface area contributed by atoms with Gasteiger partial charge in [0.15, 0.2) is 0 Å². The number of Topliss-reactive ketones (excluding diaryl/α,β-unsaturated/α-hetero) is 2. The van der Waals surface area contributed by atoms with Crippen molar-refractivity contribution in [2.24, 2.45) is 22.2 Å². The third kappa shape index (κ3) is 0.278. The second kappa shape index (κ2) is 1.21. The first-order valence-corrected chi connectivity index (χ1v) is 4.50. The Labute approximate surface area is 71.3 Å². The number of carbonyl (C=O) groups is 2. The van der Waals surface area contributed by atoms with Gasteiger partial charge in [0.25, 0.3) is 0 Å². The van der Waals surface area contributed by atoms with E-state index in [1.807, 2.05) is 13.8 Å². The van der Waals surface area contributed by atoms with Crippen LogP contribution in [0.4, 0.5) is 0 Å². The Morgan fingerprint density at radius 2 is 1.75 bits per heavy atom. The SMILES string of the molecule is CC12CC3C(C)(C(=O)C1=O)C32C. The molecule has 0 heterocycles. The van der Waals surface area contributed by atoms with E-state index in [0.29, 0.717) is 5.92 Å². The van der Waals surface area contributed by atoms with Crippen LogP contribution in [0.25, 0.3) is 0 Å². The molecule has 0 aromatic carbocycles. The van der Waals surface area contributed by atoms with E-state index in [-0.39, 0.29) is 27.8 Å².